The summed E-state index contributed by atoms with van der Waals surface area (Å²) in [7, 11) is 3.77. The molecule has 0 unspecified atom stereocenters. The smallest absolute Gasteiger partial charge is 0.230 e. The quantitative estimate of drug-likeness (QED) is 0.851. The van der Waals surface area contributed by atoms with Crippen LogP contribution in [0.1, 0.15) is 44.1 Å². The van der Waals surface area contributed by atoms with Gasteiger partial charge in [-0.25, -0.2) is 0 Å². The molecule has 1 saturated heterocycles. The van der Waals surface area contributed by atoms with Crippen LogP contribution in [0.15, 0.2) is 24.5 Å². The molecule has 2 fully saturated rings. The summed E-state index contributed by atoms with van der Waals surface area (Å²) >= 11 is 0. The molecule has 3 rings (SSSR count). The van der Waals surface area contributed by atoms with Crippen LogP contribution in [-0.4, -0.2) is 53.3 Å². The lowest BCUT2D eigenvalue weighted by atomic mass is 9.64. The van der Waals surface area contributed by atoms with Crippen LogP contribution in [0.3, 0.4) is 0 Å². The standard InChI is InChI=1S/C19H27N3O2/c1-21(14-9-15-7-12-20-13-8-15)18(24)19-10-4-3-5-16(19)22(2)17(23)6-11-19/h7-8,12-13,16H,3-6,9-11,14H2,1-2H3/t16-,19-/m1/s1. The molecule has 0 radical (unpaired) electrons. The van der Waals surface area contributed by atoms with Crippen LogP contribution in [0, 0.1) is 5.41 Å². The predicted octanol–water partition coefficient (Wildman–Crippen LogP) is 2.26. The van der Waals surface area contributed by atoms with Gasteiger partial charge in [-0.2, -0.15) is 0 Å². The Bertz CT molecular complexity index is 604. The number of likely N-dealkylation sites (tertiary alicyclic amines) is 1. The first-order valence-corrected chi connectivity index (χ1v) is 8.95. The summed E-state index contributed by atoms with van der Waals surface area (Å²) < 4.78 is 0. The fourth-order valence-corrected chi connectivity index (χ4v) is 4.44. The van der Waals surface area contributed by atoms with Gasteiger partial charge in [-0.15, -0.1) is 0 Å². The van der Waals surface area contributed by atoms with E-state index in [1.165, 1.54) is 5.56 Å². The molecule has 2 atom stereocenters. The van der Waals surface area contributed by atoms with Gasteiger partial charge < -0.3 is 9.80 Å². The Morgan fingerprint density at radius 1 is 1.33 bits per heavy atom. The lowest BCUT2D eigenvalue weighted by molar-refractivity contribution is -0.159. The Morgan fingerprint density at radius 3 is 2.83 bits per heavy atom. The number of carbonyl (C=O) groups excluding carboxylic acids is 2. The molecule has 2 heterocycles. The van der Waals surface area contributed by atoms with Crippen LogP contribution in [0.4, 0.5) is 0 Å². The monoisotopic (exact) mass is 329 g/mol. The summed E-state index contributed by atoms with van der Waals surface area (Å²) in [6.45, 7) is 0.703. The maximum atomic E-state index is 13.3. The van der Waals surface area contributed by atoms with Gasteiger partial charge in [0.25, 0.3) is 0 Å². The highest BCUT2D eigenvalue weighted by molar-refractivity contribution is 5.87. The van der Waals surface area contributed by atoms with E-state index in [-0.39, 0.29) is 23.3 Å². The molecule has 130 valence electrons. The first-order valence-electron chi connectivity index (χ1n) is 8.95. The van der Waals surface area contributed by atoms with Gasteiger partial charge in [0.15, 0.2) is 0 Å². The van der Waals surface area contributed by atoms with Crippen molar-refractivity contribution >= 4 is 11.8 Å². The topological polar surface area (TPSA) is 53.5 Å². The summed E-state index contributed by atoms with van der Waals surface area (Å²) in [6.07, 6.45) is 9.67. The van der Waals surface area contributed by atoms with Crippen molar-refractivity contribution in [1.82, 2.24) is 14.8 Å². The van der Waals surface area contributed by atoms with Crippen molar-refractivity contribution in [3.05, 3.63) is 30.1 Å². The Morgan fingerprint density at radius 2 is 2.08 bits per heavy atom. The fourth-order valence-electron chi connectivity index (χ4n) is 4.44. The van der Waals surface area contributed by atoms with Gasteiger partial charge in [-0.3, -0.25) is 14.6 Å². The molecular weight excluding hydrogens is 302 g/mol. The van der Waals surface area contributed by atoms with Crippen molar-refractivity contribution < 1.29 is 9.59 Å². The number of nitrogens with zero attached hydrogens (tertiary/aromatic N) is 3. The molecule has 2 amide bonds. The molecule has 1 aromatic rings. The second-order valence-electron chi connectivity index (χ2n) is 7.25. The Labute approximate surface area is 144 Å². The molecule has 2 aliphatic rings. The number of hydrogen-bond donors (Lipinski definition) is 0. The van der Waals surface area contributed by atoms with Gasteiger partial charge in [0.1, 0.15) is 0 Å². The van der Waals surface area contributed by atoms with E-state index >= 15 is 0 Å². The average Bonchev–Trinajstić information content (AvgIpc) is 2.63. The molecule has 1 aromatic heterocycles. The van der Waals surface area contributed by atoms with Crippen LogP contribution < -0.4 is 0 Å². The number of pyridine rings is 1. The number of rotatable bonds is 4. The minimum atomic E-state index is -0.367. The first-order chi connectivity index (χ1) is 11.5. The molecule has 5 heteroatoms. The lowest BCUT2D eigenvalue weighted by Crippen LogP contribution is -2.60. The van der Waals surface area contributed by atoms with Crippen LogP contribution in [-0.2, 0) is 16.0 Å². The number of piperidine rings is 1. The lowest BCUT2D eigenvalue weighted by Gasteiger charge is -2.51. The minimum absolute atomic E-state index is 0.0726. The summed E-state index contributed by atoms with van der Waals surface area (Å²) in [5.74, 6) is 0.408. The number of amides is 2. The second kappa shape index (κ2) is 6.91. The highest BCUT2D eigenvalue weighted by Gasteiger charge is 2.53. The largest absolute Gasteiger partial charge is 0.345 e. The maximum Gasteiger partial charge on any atom is 0.230 e. The van der Waals surface area contributed by atoms with E-state index in [0.717, 1.165) is 32.1 Å². The molecule has 1 saturated carbocycles. The van der Waals surface area contributed by atoms with E-state index in [1.807, 2.05) is 36.0 Å². The fraction of sp³-hybridized carbons (Fsp3) is 0.632. The zero-order valence-electron chi connectivity index (χ0n) is 14.7. The second-order valence-corrected chi connectivity index (χ2v) is 7.25. The van der Waals surface area contributed by atoms with E-state index in [1.54, 1.807) is 12.4 Å². The van der Waals surface area contributed by atoms with Crippen molar-refractivity contribution in [3.63, 3.8) is 0 Å². The van der Waals surface area contributed by atoms with Crippen molar-refractivity contribution in [2.45, 2.75) is 51.0 Å². The number of hydrogen-bond acceptors (Lipinski definition) is 3. The van der Waals surface area contributed by atoms with Crippen LogP contribution >= 0.6 is 0 Å². The third-order valence-corrected chi connectivity index (χ3v) is 5.89. The third kappa shape index (κ3) is 3.04. The highest BCUT2D eigenvalue weighted by Crippen LogP contribution is 2.47. The summed E-state index contributed by atoms with van der Waals surface area (Å²) in [4.78, 5) is 33.1. The first kappa shape index (κ1) is 16.9. The van der Waals surface area contributed by atoms with E-state index in [2.05, 4.69) is 4.98 Å². The zero-order chi connectivity index (χ0) is 17.2. The number of fused-ring (bicyclic) bond motifs is 1. The van der Waals surface area contributed by atoms with Crippen molar-refractivity contribution in [2.75, 3.05) is 20.6 Å². The zero-order valence-corrected chi connectivity index (χ0v) is 14.7. The average molecular weight is 329 g/mol. The van der Waals surface area contributed by atoms with Gasteiger partial charge in [-0.05, 0) is 43.4 Å². The third-order valence-electron chi connectivity index (χ3n) is 5.89. The van der Waals surface area contributed by atoms with Gasteiger partial charge in [0, 0.05) is 45.5 Å². The van der Waals surface area contributed by atoms with Crippen molar-refractivity contribution in [1.29, 1.82) is 0 Å². The number of carbonyl (C=O) groups is 2. The molecule has 0 aromatic carbocycles. The maximum absolute atomic E-state index is 13.3. The van der Waals surface area contributed by atoms with E-state index in [4.69, 9.17) is 0 Å². The Hall–Kier alpha value is -1.91. The molecule has 0 bridgehead atoms. The molecule has 1 aliphatic carbocycles. The van der Waals surface area contributed by atoms with E-state index in [0.29, 0.717) is 19.4 Å². The molecule has 1 aliphatic heterocycles. The Kier molecular flexibility index (Phi) is 4.88. The molecule has 24 heavy (non-hydrogen) atoms. The van der Waals surface area contributed by atoms with Crippen LogP contribution in [0.2, 0.25) is 0 Å². The van der Waals surface area contributed by atoms with Crippen LogP contribution in [0.25, 0.3) is 0 Å². The summed E-state index contributed by atoms with van der Waals surface area (Å²) in [6, 6.07) is 4.06. The van der Waals surface area contributed by atoms with Gasteiger partial charge >= 0.3 is 0 Å². The Balaban J connectivity index is 1.72. The molecule has 0 spiro atoms. The molecule has 0 N–H and O–H groups in total. The predicted molar refractivity (Wildman–Crippen MR) is 92.3 cm³/mol. The van der Waals surface area contributed by atoms with E-state index < -0.39 is 0 Å². The summed E-state index contributed by atoms with van der Waals surface area (Å²) in [5.41, 5.74) is 0.826. The van der Waals surface area contributed by atoms with Gasteiger partial charge in [-0.1, -0.05) is 12.8 Å². The van der Waals surface area contributed by atoms with Crippen molar-refractivity contribution in [3.8, 4) is 0 Å². The molecule has 5 nitrogen and oxygen atoms in total. The van der Waals surface area contributed by atoms with Crippen molar-refractivity contribution in [2.24, 2.45) is 5.41 Å². The van der Waals surface area contributed by atoms with Gasteiger partial charge in [0.2, 0.25) is 11.8 Å². The number of aromatic nitrogens is 1. The molecular formula is C19H27N3O2. The van der Waals surface area contributed by atoms with E-state index in [9.17, 15) is 9.59 Å². The minimum Gasteiger partial charge on any atom is -0.345 e. The number of likely N-dealkylation sites (N-methyl/N-ethyl adjacent to an activating group) is 1. The highest BCUT2D eigenvalue weighted by atomic mass is 16.2. The summed E-state index contributed by atoms with van der Waals surface area (Å²) in [5, 5.41) is 0. The van der Waals surface area contributed by atoms with Gasteiger partial charge in [0.05, 0.1) is 5.41 Å². The SMILES string of the molecule is CN(CCc1ccncc1)C(=O)[C@@]12CCCC[C@H]1N(C)C(=O)CC2. The normalized spacial score (nSPS) is 26.8. The van der Waals surface area contributed by atoms with Crippen LogP contribution in [0.5, 0.6) is 0 Å².